The van der Waals surface area contributed by atoms with Crippen molar-refractivity contribution in [2.45, 2.75) is 111 Å². The molecule has 0 aliphatic carbocycles. The molecule has 2 rings (SSSR count). The van der Waals surface area contributed by atoms with Gasteiger partial charge >= 0.3 is 12.1 Å². The highest BCUT2D eigenvalue weighted by Crippen LogP contribution is 2.28. The second-order valence-electron chi connectivity index (χ2n) is 13.4. The van der Waals surface area contributed by atoms with Gasteiger partial charge in [-0.1, -0.05) is 61.0 Å². The van der Waals surface area contributed by atoms with Gasteiger partial charge in [0.05, 0.1) is 6.42 Å². The Hall–Kier alpha value is -4.41. The molecule has 3 unspecified atom stereocenters. The lowest BCUT2D eigenvalue weighted by atomic mass is 9.95. The molecule has 3 atom stereocenters. The highest BCUT2D eigenvalue weighted by molar-refractivity contribution is 5.96. The Kier molecular flexibility index (Phi) is 13.3. The third-order valence-corrected chi connectivity index (χ3v) is 6.72. The molecule has 2 aromatic carbocycles. The topological polar surface area (TPSA) is 157 Å². The van der Waals surface area contributed by atoms with Crippen molar-refractivity contribution in [3.05, 3.63) is 70.8 Å². The predicted octanol–water partition coefficient (Wildman–Crippen LogP) is 4.42. The van der Waals surface area contributed by atoms with E-state index in [0.29, 0.717) is 12.0 Å². The van der Waals surface area contributed by atoms with Gasteiger partial charge in [0.25, 0.3) is 0 Å². The highest BCUT2D eigenvalue weighted by Gasteiger charge is 2.39. The van der Waals surface area contributed by atoms with Crippen molar-refractivity contribution in [3.8, 4) is 0 Å². The van der Waals surface area contributed by atoms with Crippen LogP contribution in [0.1, 0.15) is 89.6 Å². The minimum absolute atomic E-state index is 0.0886. The summed E-state index contributed by atoms with van der Waals surface area (Å²) in [5.41, 5.74) is 6.69. The fourth-order valence-corrected chi connectivity index (χ4v) is 4.83. The second-order valence-corrected chi connectivity index (χ2v) is 13.4. The van der Waals surface area contributed by atoms with Crippen molar-refractivity contribution in [1.29, 1.82) is 0 Å². The number of primary amides is 1. The molecule has 0 saturated heterocycles. The van der Waals surface area contributed by atoms with Crippen LogP contribution < -0.4 is 16.4 Å². The second kappa shape index (κ2) is 16.2. The number of ether oxygens (including phenoxy) is 2. The van der Waals surface area contributed by atoms with Crippen molar-refractivity contribution in [2.24, 2.45) is 5.73 Å². The average molecular weight is 639 g/mol. The number of carbonyl (C=O) groups excluding carboxylic acids is 5. The number of nitrogens with zero attached hydrogens (tertiary/aromatic N) is 1. The van der Waals surface area contributed by atoms with Crippen molar-refractivity contribution in [2.75, 3.05) is 6.54 Å². The quantitative estimate of drug-likeness (QED) is 0.274. The zero-order valence-corrected chi connectivity index (χ0v) is 28.6. The molecule has 0 bridgehead atoms. The van der Waals surface area contributed by atoms with Crippen LogP contribution in [-0.2, 0) is 35.1 Å². The predicted molar refractivity (Wildman–Crippen MR) is 176 cm³/mol. The molecule has 4 N–H and O–H groups in total. The number of hydrogen-bond donors (Lipinski definition) is 3. The average Bonchev–Trinajstić information content (AvgIpc) is 2.92. The van der Waals surface area contributed by atoms with Gasteiger partial charge in [-0.15, -0.1) is 0 Å². The summed E-state index contributed by atoms with van der Waals surface area (Å²) in [7, 11) is 0. The first-order valence-corrected chi connectivity index (χ1v) is 15.5. The zero-order valence-electron chi connectivity index (χ0n) is 28.6. The summed E-state index contributed by atoms with van der Waals surface area (Å²) in [6, 6.07) is 11.0. The van der Waals surface area contributed by atoms with Gasteiger partial charge in [0.15, 0.2) is 0 Å². The SMILES string of the molecule is CCCN(C(=O)C(CC(N)=O)NC(=O)OC(C)(C)C)C(C(=O)NC(Cc1ccccc1)C(=O)OC(C)(C)C)c1cc(C)ccc1C. The number of benzene rings is 2. The highest BCUT2D eigenvalue weighted by atomic mass is 16.6. The van der Waals surface area contributed by atoms with E-state index in [1.807, 2.05) is 63.2 Å². The minimum Gasteiger partial charge on any atom is -0.458 e. The van der Waals surface area contributed by atoms with E-state index < -0.39 is 65.5 Å². The number of esters is 1. The van der Waals surface area contributed by atoms with Gasteiger partial charge in [-0.2, -0.15) is 0 Å². The van der Waals surface area contributed by atoms with Crippen LogP contribution in [0.15, 0.2) is 48.5 Å². The molecule has 0 spiro atoms. The molecule has 11 heteroatoms. The van der Waals surface area contributed by atoms with Gasteiger partial charge in [-0.05, 0) is 78.5 Å². The summed E-state index contributed by atoms with van der Waals surface area (Å²) in [6.07, 6.45) is -0.847. The monoisotopic (exact) mass is 638 g/mol. The number of hydrogen-bond acceptors (Lipinski definition) is 7. The number of carbonyl (C=O) groups is 5. The molecule has 4 amide bonds. The lowest BCUT2D eigenvalue weighted by Crippen LogP contribution is -2.56. The first-order chi connectivity index (χ1) is 21.3. The normalized spacial score (nSPS) is 13.5. The molecule has 0 radical (unpaired) electrons. The van der Waals surface area contributed by atoms with E-state index in [0.717, 1.165) is 16.7 Å². The molecule has 0 saturated carbocycles. The van der Waals surface area contributed by atoms with Crippen LogP contribution in [0, 0.1) is 13.8 Å². The number of amides is 4. The number of alkyl carbamates (subject to hydrolysis) is 1. The number of aryl methyl sites for hydroxylation is 2. The molecule has 0 aliphatic heterocycles. The van der Waals surface area contributed by atoms with Gasteiger partial charge in [0.2, 0.25) is 17.7 Å². The Labute approximate surface area is 272 Å². The summed E-state index contributed by atoms with van der Waals surface area (Å²) < 4.78 is 11.0. The third-order valence-electron chi connectivity index (χ3n) is 6.72. The van der Waals surface area contributed by atoms with Crippen molar-refractivity contribution in [1.82, 2.24) is 15.5 Å². The van der Waals surface area contributed by atoms with Crippen LogP contribution in [0.25, 0.3) is 0 Å². The Morgan fingerprint density at radius 2 is 1.46 bits per heavy atom. The van der Waals surface area contributed by atoms with E-state index in [2.05, 4.69) is 10.6 Å². The molecule has 0 aliphatic rings. The van der Waals surface area contributed by atoms with E-state index in [4.69, 9.17) is 15.2 Å². The molecular weight excluding hydrogens is 588 g/mol. The maximum absolute atomic E-state index is 14.4. The number of rotatable bonds is 13. The first kappa shape index (κ1) is 37.8. The Morgan fingerprint density at radius 1 is 0.848 bits per heavy atom. The summed E-state index contributed by atoms with van der Waals surface area (Å²) in [4.78, 5) is 68.3. The number of nitrogens with one attached hydrogen (secondary N) is 2. The maximum atomic E-state index is 14.4. The fourth-order valence-electron chi connectivity index (χ4n) is 4.83. The lowest BCUT2D eigenvalue weighted by Gasteiger charge is -2.35. The molecule has 0 aromatic heterocycles. The molecule has 0 heterocycles. The van der Waals surface area contributed by atoms with Gasteiger partial charge in [0.1, 0.15) is 29.3 Å². The Balaban J connectivity index is 2.64. The summed E-state index contributed by atoms with van der Waals surface area (Å²) in [5, 5.41) is 5.34. The standard InChI is InChI=1S/C35H50N4O7/c1-10-18-39(31(42)26(21-28(36)40)38-33(44)46-35(7,8)9)29(25-19-22(2)16-17-23(25)3)30(41)37-27(32(43)45-34(4,5)6)20-24-14-12-11-13-15-24/h11-17,19,26-27,29H,10,18,20-21H2,1-9H3,(H2,36,40)(H,37,41)(H,38,44). The van der Waals surface area contributed by atoms with Crippen molar-refractivity contribution in [3.63, 3.8) is 0 Å². The molecule has 2 aromatic rings. The lowest BCUT2D eigenvalue weighted by molar-refractivity contribution is -0.159. The molecule has 0 fully saturated rings. The maximum Gasteiger partial charge on any atom is 0.408 e. The van der Waals surface area contributed by atoms with E-state index in [1.54, 1.807) is 47.6 Å². The third kappa shape index (κ3) is 12.2. The fraction of sp³-hybridized carbons (Fsp3) is 0.514. The van der Waals surface area contributed by atoms with Gasteiger partial charge in [0, 0.05) is 13.0 Å². The van der Waals surface area contributed by atoms with Gasteiger partial charge in [-0.3, -0.25) is 14.4 Å². The summed E-state index contributed by atoms with van der Waals surface area (Å²) in [6.45, 7) is 15.8. The molecule has 252 valence electrons. The minimum atomic E-state index is -1.41. The Bertz CT molecular complexity index is 1380. The van der Waals surface area contributed by atoms with Crippen LogP contribution in [0.3, 0.4) is 0 Å². The zero-order chi connectivity index (χ0) is 34.8. The van der Waals surface area contributed by atoms with Crippen molar-refractivity contribution >= 4 is 29.8 Å². The molecule has 46 heavy (non-hydrogen) atoms. The van der Waals surface area contributed by atoms with E-state index in [9.17, 15) is 24.0 Å². The van der Waals surface area contributed by atoms with Crippen LogP contribution in [0.5, 0.6) is 0 Å². The van der Waals surface area contributed by atoms with Crippen LogP contribution in [0.2, 0.25) is 0 Å². The number of nitrogens with two attached hydrogens (primary N) is 1. The first-order valence-electron chi connectivity index (χ1n) is 15.5. The van der Waals surface area contributed by atoms with Gasteiger partial charge < -0.3 is 30.7 Å². The molecular formula is C35H50N4O7. The Morgan fingerprint density at radius 3 is 2.00 bits per heavy atom. The summed E-state index contributed by atoms with van der Waals surface area (Å²) >= 11 is 0. The van der Waals surface area contributed by atoms with E-state index in [1.165, 1.54) is 4.90 Å². The van der Waals surface area contributed by atoms with E-state index in [-0.39, 0.29) is 13.0 Å². The van der Waals surface area contributed by atoms with Crippen LogP contribution in [0.4, 0.5) is 4.79 Å². The largest absolute Gasteiger partial charge is 0.458 e. The van der Waals surface area contributed by atoms with Crippen LogP contribution in [-0.4, -0.2) is 64.5 Å². The van der Waals surface area contributed by atoms with Crippen molar-refractivity contribution < 1.29 is 33.4 Å². The summed E-state index contributed by atoms with van der Waals surface area (Å²) in [5.74, 6) is -2.79. The smallest absolute Gasteiger partial charge is 0.408 e. The molecule has 11 nitrogen and oxygen atoms in total. The van der Waals surface area contributed by atoms with Gasteiger partial charge in [-0.25, -0.2) is 9.59 Å². The van der Waals surface area contributed by atoms with E-state index >= 15 is 0 Å². The van der Waals surface area contributed by atoms with Crippen LogP contribution >= 0.6 is 0 Å².